The fourth-order valence-electron chi connectivity index (χ4n) is 3.29. The number of dihydropyridines is 1. The molecule has 2 aliphatic heterocycles. The van der Waals surface area contributed by atoms with Crippen molar-refractivity contribution in [3.8, 4) is 0 Å². The van der Waals surface area contributed by atoms with Crippen LogP contribution in [0.1, 0.15) is 26.7 Å². The number of nitrogens with zero attached hydrogens (tertiary/aromatic N) is 2. The first-order valence-electron chi connectivity index (χ1n) is 10.2. The van der Waals surface area contributed by atoms with Crippen molar-refractivity contribution < 1.29 is 0 Å². The van der Waals surface area contributed by atoms with Crippen LogP contribution in [0, 0.1) is 0 Å². The highest BCUT2D eigenvalue weighted by molar-refractivity contribution is 5.38. The lowest BCUT2D eigenvalue weighted by molar-refractivity contribution is 0.299. The molecule has 0 spiro atoms. The lowest BCUT2D eigenvalue weighted by atomic mass is 10.0. The van der Waals surface area contributed by atoms with Crippen LogP contribution in [-0.2, 0) is 0 Å². The maximum atomic E-state index is 3.61. The van der Waals surface area contributed by atoms with Crippen molar-refractivity contribution in [1.29, 1.82) is 0 Å². The monoisotopic (exact) mass is 381 g/mol. The molecule has 5 nitrogen and oxygen atoms in total. The summed E-state index contributed by atoms with van der Waals surface area (Å²) in [5.41, 5.74) is 5.35. The summed E-state index contributed by atoms with van der Waals surface area (Å²) in [6.45, 7) is 13.4. The van der Waals surface area contributed by atoms with Crippen molar-refractivity contribution in [1.82, 2.24) is 20.9 Å². The van der Waals surface area contributed by atoms with Crippen molar-refractivity contribution in [3.63, 3.8) is 0 Å². The lowest BCUT2D eigenvalue weighted by Gasteiger charge is -2.34. The molecular formula is C23H35N5. The van der Waals surface area contributed by atoms with Crippen LogP contribution < -0.4 is 16.0 Å². The van der Waals surface area contributed by atoms with E-state index in [1.807, 2.05) is 13.0 Å². The Balaban J connectivity index is 0.000000500. The van der Waals surface area contributed by atoms with E-state index in [1.54, 1.807) is 6.20 Å². The number of rotatable bonds is 6. The Hall–Kier alpha value is -2.53. The van der Waals surface area contributed by atoms with Gasteiger partial charge in [0.15, 0.2) is 0 Å². The van der Waals surface area contributed by atoms with Gasteiger partial charge in [0.1, 0.15) is 0 Å². The van der Waals surface area contributed by atoms with Gasteiger partial charge in [-0.25, -0.2) is 0 Å². The molecule has 0 unspecified atom stereocenters. The predicted molar refractivity (Wildman–Crippen MR) is 121 cm³/mol. The van der Waals surface area contributed by atoms with Gasteiger partial charge < -0.3 is 20.9 Å². The molecular weight excluding hydrogens is 346 g/mol. The summed E-state index contributed by atoms with van der Waals surface area (Å²) in [5, 5.41) is 10.4. The zero-order valence-corrected chi connectivity index (χ0v) is 17.4. The van der Waals surface area contributed by atoms with Crippen molar-refractivity contribution >= 4 is 6.72 Å². The topological polar surface area (TPSA) is 51.7 Å². The zero-order valence-electron chi connectivity index (χ0n) is 17.4. The Bertz CT molecular complexity index is 673. The first kappa shape index (κ1) is 21.8. The maximum Gasteiger partial charge on any atom is 0.0737 e. The van der Waals surface area contributed by atoms with Crippen LogP contribution >= 0.6 is 0 Å². The molecule has 0 aromatic heterocycles. The molecule has 3 rings (SSSR count). The summed E-state index contributed by atoms with van der Waals surface area (Å²) in [6.07, 6.45) is 19.2. The smallest absolute Gasteiger partial charge is 0.0737 e. The van der Waals surface area contributed by atoms with E-state index in [9.17, 15) is 0 Å². The third-order valence-corrected chi connectivity index (χ3v) is 4.71. The Kier molecular flexibility index (Phi) is 9.94. The van der Waals surface area contributed by atoms with Gasteiger partial charge in [-0.2, -0.15) is 0 Å². The molecule has 0 aromatic carbocycles. The molecule has 1 fully saturated rings. The molecule has 0 saturated carbocycles. The fourth-order valence-corrected chi connectivity index (χ4v) is 3.29. The summed E-state index contributed by atoms with van der Waals surface area (Å²) in [6, 6.07) is 0. The third-order valence-electron chi connectivity index (χ3n) is 4.71. The van der Waals surface area contributed by atoms with Gasteiger partial charge in [0.05, 0.1) is 11.4 Å². The van der Waals surface area contributed by atoms with E-state index in [4.69, 9.17) is 0 Å². The van der Waals surface area contributed by atoms with E-state index in [-0.39, 0.29) is 0 Å². The summed E-state index contributed by atoms with van der Waals surface area (Å²) < 4.78 is 0. The molecule has 3 aliphatic rings. The second-order valence-corrected chi connectivity index (χ2v) is 6.81. The van der Waals surface area contributed by atoms with E-state index >= 15 is 0 Å². The molecule has 152 valence electrons. The van der Waals surface area contributed by atoms with Crippen molar-refractivity contribution in [2.45, 2.75) is 26.7 Å². The van der Waals surface area contributed by atoms with Gasteiger partial charge in [0, 0.05) is 51.7 Å². The molecule has 5 heteroatoms. The molecule has 3 N–H and O–H groups in total. The summed E-state index contributed by atoms with van der Waals surface area (Å²) >= 11 is 0. The van der Waals surface area contributed by atoms with Gasteiger partial charge >= 0.3 is 0 Å². The van der Waals surface area contributed by atoms with E-state index < -0.39 is 0 Å². The molecule has 1 aliphatic carbocycles. The molecule has 1 saturated heterocycles. The average molecular weight is 382 g/mol. The molecule has 2 heterocycles. The van der Waals surface area contributed by atoms with E-state index in [2.05, 4.69) is 76.1 Å². The van der Waals surface area contributed by atoms with Crippen molar-refractivity contribution in [2.24, 2.45) is 4.99 Å². The van der Waals surface area contributed by atoms with Gasteiger partial charge in [-0.3, -0.25) is 4.99 Å². The van der Waals surface area contributed by atoms with Crippen molar-refractivity contribution in [3.05, 3.63) is 71.4 Å². The van der Waals surface area contributed by atoms with Crippen LogP contribution in [0.4, 0.5) is 0 Å². The second kappa shape index (κ2) is 12.8. The predicted octanol–water partition coefficient (Wildman–Crippen LogP) is 3.25. The van der Waals surface area contributed by atoms with Crippen LogP contribution in [0.2, 0.25) is 0 Å². The third kappa shape index (κ3) is 7.24. The molecule has 0 atom stereocenters. The molecule has 0 bridgehead atoms. The molecule has 0 amide bonds. The van der Waals surface area contributed by atoms with E-state index in [1.165, 1.54) is 22.5 Å². The van der Waals surface area contributed by atoms with Gasteiger partial charge in [-0.1, -0.05) is 37.3 Å². The first-order valence-corrected chi connectivity index (χ1v) is 10.2. The SMILES string of the molecule is C=N/C=C\C.CC/C=C1\C=CC(CNC2=CNCC=C2N2CCNCC2)=CC1. The van der Waals surface area contributed by atoms with Crippen LogP contribution in [0.15, 0.2) is 76.4 Å². The van der Waals surface area contributed by atoms with Crippen molar-refractivity contribution in [2.75, 3.05) is 39.3 Å². The normalized spacial score (nSPS) is 20.6. The fraction of sp³-hybridized carbons (Fsp3) is 0.435. The molecule has 0 aromatic rings. The Morgan fingerprint density at radius 1 is 1.25 bits per heavy atom. The number of piperazine rings is 1. The number of hydrogen-bond donors (Lipinski definition) is 3. The van der Waals surface area contributed by atoms with E-state index in [0.717, 1.165) is 52.1 Å². The van der Waals surface area contributed by atoms with Gasteiger partial charge in [-0.15, -0.1) is 0 Å². The molecule has 0 radical (unpaired) electrons. The highest BCUT2D eigenvalue weighted by atomic mass is 15.2. The highest BCUT2D eigenvalue weighted by Gasteiger charge is 2.18. The maximum absolute atomic E-state index is 3.61. The quantitative estimate of drug-likeness (QED) is 0.618. The number of allylic oxidation sites excluding steroid dienone is 5. The average Bonchev–Trinajstić information content (AvgIpc) is 2.75. The number of aliphatic imine (C=N–C) groups is 1. The number of hydrogen-bond acceptors (Lipinski definition) is 5. The minimum atomic E-state index is 0.882. The standard InChI is InChI=1S/C19H28N4.C4H7N/c1-2-3-16-4-6-17(7-5-16)14-22-18-15-21-9-8-19(18)23-12-10-20-11-13-23;1-3-4-5-2/h3-4,6-8,15,20-22H,2,5,9-14H2,1H3;3-4H,2H2,1H3/b16-3+;4-3-. The van der Waals surface area contributed by atoms with Gasteiger partial charge in [-0.05, 0) is 43.7 Å². The second-order valence-electron chi connectivity index (χ2n) is 6.81. The Labute approximate surface area is 170 Å². The summed E-state index contributed by atoms with van der Waals surface area (Å²) in [7, 11) is 0. The van der Waals surface area contributed by atoms with Gasteiger partial charge in [0.2, 0.25) is 0 Å². The minimum Gasteiger partial charge on any atom is -0.386 e. The first-order chi connectivity index (χ1) is 13.8. The van der Waals surface area contributed by atoms with Gasteiger partial charge in [0.25, 0.3) is 0 Å². The molecule has 28 heavy (non-hydrogen) atoms. The van der Waals surface area contributed by atoms with Crippen LogP contribution in [0.5, 0.6) is 0 Å². The highest BCUT2D eigenvalue weighted by Crippen LogP contribution is 2.18. The largest absolute Gasteiger partial charge is 0.386 e. The number of nitrogens with one attached hydrogen (secondary N) is 3. The Morgan fingerprint density at radius 3 is 2.68 bits per heavy atom. The zero-order chi connectivity index (χ0) is 20.0. The minimum absolute atomic E-state index is 0.882. The van der Waals surface area contributed by atoms with Crippen LogP contribution in [0.3, 0.4) is 0 Å². The van der Waals surface area contributed by atoms with Crippen LogP contribution in [-0.4, -0.2) is 50.9 Å². The summed E-state index contributed by atoms with van der Waals surface area (Å²) in [5.74, 6) is 0. The summed E-state index contributed by atoms with van der Waals surface area (Å²) in [4.78, 5) is 5.90. The lowest BCUT2D eigenvalue weighted by Crippen LogP contribution is -2.45. The van der Waals surface area contributed by atoms with Crippen LogP contribution in [0.25, 0.3) is 0 Å². The Morgan fingerprint density at radius 2 is 2.07 bits per heavy atom. The van der Waals surface area contributed by atoms with E-state index in [0.29, 0.717) is 0 Å².